The zero-order chi connectivity index (χ0) is 28.4. The fourth-order valence-corrected chi connectivity index (χ4v) is 6.21. The van der Waals surface area contributed by atoms with Crippen LogP contribution in [0.1, 0.15) is 29.2 Å². The van der Waals surface area contributed by atoms with E-state index in [9.17, 15) is 13.2 Å². The number of nitrogens with zero attached hydrogens (tertiary/aromatic N) is 1. The summed E-state index contributed by atoms with van der Waals surface area (Å²) in [7, 11) is 0.447. The van der Waals surface area contributed by atoms with Gasteiger partial charge in [0.05, 0.1) is 32.3 Å². The van der Waals surface area contributed by atoms with Gasteiger partial charge in [-0.2, -0.15) is 0 Å². The van der Waals surface area contributed by atoms with Crippen LogP contribution in [0.15, 0.2) is 70.6 Å². The number of carbonyl (C=O) groups is 1. The second-order valence-corrected chi connectivity index (χ2v) is 11.1. The van der Waals surface area contributed by atoms with Crippen LogP contribution in [0.25, 0.3) is 0 Å². The molecule has 0 saturated carbocycles. The van der Waals surface area contributed by atoms with Crippen molar-refractivity contribution in [1.29, 1.82) is 0 Å². The molecule has 0 spiro atoms. The molecule has 9 nitrogen and oxygen atoms in total. The van der Waals surface area contributed by atoms with Crippen molar-refractivity contribution in [2.45, 2.75) is 43.7 Å². The third-order valence-corrected chi connectivity index (χ3v) is 8.44. The highest BCUT2D eigenvalue weighted by Crippen LogP contribution is 2.40. The predicted octanol–water partition coefficient (Wildman–Crippen LogP) is 3.98. The number of hydrogen-bond donors (Lipinski definition) is 1. The summed E-state index contributed by atoms with van der Waals surface area (Å²) in [5.41, 5.74) is 1.02. The van der Waals surface area contributed by atoms with Gasteiger partial charge in [0.25, 0.3) is 0 Å². The maximum absolute atomic E-state index is 13.6. The van der Waals surface area contributed by atoms with Crippen molar-refractivity contribution in [3.63, 3.8) is 0 Å². The Labute approximate surface area is 228 Å². The van der Waals surface area contributed by atoms with Gasteiger partial charge in [-0.1, -0.05) is 42.5 Å². The number of carbonyl (C=O) groups excluding carboxylic acids is 1. The van der Waals surface area contributed by atoms with Crippen LogP contribution in [-0.4, -0.2) is 53.2 Å². The number of cyclic esters (lactones) is 1. The molecule has 10 heteroatoms. The first kappa shape index (κ1) is 28.1. The third-order valence-electron chi connectivity index (χ3n) is 6.75. The van der Waals surface area contributed by atoms with E-state index in [2.05, 4.69) is 4.72 Å². The van der Waals surface area contributed by atoms with Crippen LogP contribution in [-0.2, 0) is 26.0 Å². The molecule has 4 rings (SSSR count). The van der Waals surface area contributed by atoms with Crippen LogP contribution in [0.4, 0.5) is 0 Å². The smallest absolute Gasteiger partial charge is 0.342 e. The third kappa shape index (κ3) is 5.48. The number of benzene rings is 3. The second-order valence-electron chi connectivity index (χ2n) is 9.42. The SMILES string of the molecule is COc1cc(C2=NC(Cc3ccccc3)(C(C)NS(=O)(=O)c3cc(C)ccc3C)C(=O)O2)cc(OC)c1OC. The molecule has 3 aromatic carbocycles. The van der Waals surface area contributed by atoms with E-state index in [1.807, 2.05) is 43.3 Å². The highest BCUT2D eigenvalue weighted by atomic mass is 32.2. The fourth-order valence-electron chi connectivity index (χ4n) is 4.59. The normalized spacial score (nSPS) is 17.8. The molecule has 39 heavy (non-hydrogen) atoms. The molecule has 0 aliphatic carbocycles. The number of aliphatic imine (C=N–C) groups is 1. The van der Waals surface area contributed by atoms with Gasteiger partial charge in [-0.15, -0.1) is 0 Å². The number of ether oxygens (including phenoxy) is 4. The maximum Gasteiger partial charge on any atom is 0.342 e. The number of aryl methyl sites for hydroxylation is 2. The molecule has 2 unspecified atom stereocenters. The minimum absolute atomic E-state index is 0.0213. The summed E-state index contributed by atoms with van der Waals surface area (Å²) in [4.78, 5) is 18.5. The predicted molar refractivity (Wildman–Crippen MR) is 147 cm³/mol. The Bertz CT molecular complexity index is 1490. The lowest BCUT2D eigenvalue weighted by atomic mass is 9.86. The quantitative estimate of drug-likeness (QED) is 0.379. The first-order chi connectivity index (χ1) is 18.5. The van der Waals surface area contributed by atoms with Gasteiger partial charge in [0, 0.05) is 12.0 Å². The average Bonchev–Trinajstić information content (AvgIpc) is 3.26. The van der Waals surface area contributed by atoms with Crippen molar-refractivity contribution in [3.05, 3.63) is 82.9 Å². The Balaban J connectivity index is 1.82. The van der Waals surface area contributed by atoms with E-state index in [0.29, 0.717) is 28.4 Å². The van der Waals surface area contributed by atoms with Gasteiger partial charge < -0.3 is 18.9 Å². The van der Waals surface area contributed by atoms with Gasteiger partial charge in [0.2, 0.25) is 21.7 Å². The summed E-state index contributed by atoms with van der Waals surface area (Å²) in [6.45, 7) is 5.17. The Morgan fingerprint density at radius 2 is 1.59 bits per heavy atom. The van der Waals surface area contributed by atoms with E-state index in [4.69, 9.17) is 23.9 Å². The summed E-state index contributed by atoms with van der Waals surface area (Å²) >= 11 is 0. The summed E-state index contributed by atoms with van der Waals surface area (Å²) in [6.07, 6.45) is 0.108. The molecule has 206 valence electrons. The highest BCUT2D eigenvalue weighted by molar-refractivity contribution is 7.89. The lowest BCUT2D eigenvalue weighted by Gasteiger charge is -2.29. The molecule has 0 radical (unpaired) electrons. The summed E-state index contributed by atoms with van der Waals surface area (Å²) in [5, 5.41) is 0. The zero-order valence-corrected chi connectivity index (χ0v) is 23.6. The van der Waals surface area contributed by atoms with Gasteiger partial charge in [-0.3, -0.25) is 0 Å². The Morgan fingerprint density at radius 3 is 2.18 bits per heavy atom. The van der Waals surface area contributed by atoms with Crippen molar-refractivity contribution >= 4 is 21.9 Å². The molecule has 1 aliphatic rings. The van der Waals surface area contributed by atoms with Crippen molar-refractivity contribution in [2.24, 2.45) is 4.99 Å². The number of rotatable bonds is 10. The molecule has 3 aromatic rings. The first-order valence-corrected chi connectivity index (χ1v) is 13.8. The molecule has 0 bridgehead atoms. The van der Waals surface area contributed by atoms with Crippen molar-refractivity contribution in [2.75, 3.05) is 21.3 Å². The lowest BCUT2D eigenvalue weighted by molar-refractivity contribution is -0.139. The fraction of sp³-hybridized carbons (Fsp3) is 0.310. The first-order valence-electron chi connectivity index (χ1n) is 12.3. The van der Waals surface area contributed by atoms with Crippen LogP contribution < -0.4 is 18.9 Å². The minimum atomic E-state index is -4.00. The number of sulfonamides is 1. The molecule has 1 aliphatic heterocycles. The average molecular weight is 553 g/mol. The minimum Gasteiger partial charge on any atom is -0.493 e. The number of esters is 1. The van der Waals surface area contributed by atoms with E-state index in [1.54, 1.807) is 38.1 Å². The van der Waals surface area contributed by atoms with E-state index < -0.39 is 27.6 Å². The maximum atomic E-state index is 13.6. The highest BCUT2D eigenvalue weighted by Gasteiger charge is 2.52. The monoisotopic (exact) mass is 552 g/mol. The molecule has 0 fully saturated rings. The molecule has 0 saturated heterocycles. The molecular weight excluding hydrogens is 520 g/mol. The van der Waals surface area contributed by atoms with E-state index >= 15 is 0 Å². The Morgan fingerprint density at radius 1 is 0.949 bits per heavy atom. The standard InChI is InChI=1S/C29H32N2O7S/c1-18-12-13-19(2)25(14-18)39(33,34)31-20(3)29(17-21-10-8-7-9-11-21)28(32)38-27(30-29)22-15-23(35-4)26(37-6)24(16-22)36-5/h7-16,20,31H,17H2,1-6H3. The van der Waals surface area contributed by atoms with Crippen molar-refractivity contribution < 1.29 is 32.2 Å². The van der Waals surface area contributed by atoms with E-state index in [0.717, 1.165) is 11.1 Å². The van der Waals surface area contributed by atoms with Crippen LogP contribution in [0.3, 0.4) is 0 Å². The summed E-state index contributed by atoms with van der Waals surface area (Å²) in [6, 6.07) is 16.7. The Kier molecular flexibility index (Phi) is 7.99. The van der Waals surface area contributed by atoms with Crippen LogP contribution in [0.2, 0.25) is 0 Å². The van der Waals surface area contributed by atoms with E-state index in [-0.39, 0.29) is 17.2 Å². The molecule has 2 atom stereocenters. The van der Waals surface area contributed by atoms with Gasteiger partial charge in [-0.05, 0) is 55.7 Å². The molecular formula is C29H32N2O7S. The van der Waals surface area contributed by atoms with Gasteiger partial charge in [-0.25, -0.2) is 22.9 Å². The van der Waals surface area contributed by atoms with Gasteiger partial charge in [0.15, 0.2) is 17.0 Å². The van der Waals surface area contributed by atoms with Crippen molar-refractivity contribution in [3.8, 4) is 17.2 Å². The largest absolute Gasteiger partial charge is 0.493 e. The number of hydrogen-bond acceptors (Lipinski definition) is 8. The van der Waals surface area contributed by atoms with Crippen molar-refractivity contribution in [1.82, 2.24) is 4.72 Å². The Hall–Kier alpha value is -3.89. The lowest BCUT2D eigenvalue weighted by Crippen LogP contribution is -2.54. The zero-order valence-electron chi connectivity index (χ0n) is 22.8. The van der Waals surface area contributed by atoms with Crippen LogP contribution >= 0.6 is 0 Å². The van der Waals surface area contributed by atoms with E-state index in [1.165, 1.54) is 21.3 Å². The second kappa shape index (κ2) is 11.1. The summed E-state index contributed by atoms with van der Waals surface area (Å²) in [5.74, 6) is 0.433. The summed E-state index contributed by atoms with van der Waals surface area (Å²) < 4.78 is 51.7. The van der Waals surface area contributed by atoms with Gasteiger partial charge >= 0.3 is 5.97 Å². The number of nitrogens with one attached hydrogen (secondary N) is 1. The molecule has 1 N–H and O–H groups in total. The molecule has 1 heterocycles. The van der Waals surface area contributed by atoms with Crippen LogP contribution in [0, 0.1) is 13.8 Å². The topological polar surface area (TPSA) is 113 Å². The van der Waals surface area contributed by atoms with Gasteiger partial charge in [0.1, 0.15) is 0 Å². The molecule has 0 amide bonds. The number of methoxy groups -OCH3 is 3. The molecule has 0 aromatic heterocycles. The van der Waals surface area contributed by atoms with Crippen LogP contribution in [0.5, 0.6) is 17.2 Å².